The van der Waals surface area contributed by atoms with Crippen LogP contribution in [0.3, 0.4) is 0 Å². The van der Waals surface area contributed by atoms with E-state index in [0.717, 1.165) is 25.0 Å². The predicted molar refractivity (Wildman–Crippen MR) is 83.5 cm³/mol. The molecular weight excluding hydrogens is 319 g/mol. The number of hydrogen-bond acceptors (Lipinski definition) is 2. The van der Waals surface area contributed by atoms with Crippen molar-refractivity contribution in [2.75, 3.05) is 0 Å². The molecule has 1 fully saturated rings. The normalized spacial score (nSPS) is 14.3. The fourth-order valence-corrected chi connectivity index (χ4v) is 2.91. The van der Waals surface area contributed by atoms with Crippen LogP contribution in [0.25, 0.3) is 21.9 Å². The van der Waals surface area contributed by atoms with E-state index in [9.17, 15) is 23.1 Å². The van der Waals surface area contributed by atoms with Crippen LogP contribution in [0.5, 0.6) is 5.75 Å². The van der Waals surface area contributed by atoms with E-state index in [2.05, 4.69) is 0 Å². The Bertz CT molecular complexity index is 1020. The van der Waals surface area contributed by atoms with Gasteiger partial charge in [0, 0.05) is 28.6 Å². The summed E-state index contributed by atoms with van der Waals surface area (Å²) in [5.74, 6) is -4.22. The van der Waals surface area contributed by atoms with Crippen LogP contribution in [0.2, 0.25) is 0 Å². The van der Waals surface area contributed by atoms with Crippen LogP contribution in [-0.4, -0.2) is 9.67 Å². The van der Waals surface area contributed by atoms with E-state index in [1.165, 1.54) is 29.0 Å². The second-order valence-electron chi connectivity index (χ2n) is 5.97. The van der Waals surface area contributed by atoms with Gasteiger partial charge in [-0.1, -0.05) is 0 Å². The summed E-state index contributed by atoms with van der Waals surface area (Å²) in [4.78, 5) is 12.6. The minimum atomic E-state index is -1.54. The van der Waals surface area contributed by atoms with Crippen molar-refractivity contribution >= 4 is 10.8 Å². The first-order chi connectivity index (χ1) is 11.5. The zero-order valence-electron chi connectivity index (χ0n) is 12.4. The maximum Gasteiger partial charge on any atom is 0.258 e. The van der Waals surface area contributed by atoms with Crippen LogP contribution in [0, 0.1) is 17.5 Å². The zero-order chi connectivity index (χ0) is 17.0. The van der Waals surface area contributed by atoms with Gasteiger partial charge in [-0.25, -0.2) is 13.2 Å². The number of pyridine rings is 1. The third-order valence-corrected chi connectivity index (χ3v) is 4.26. The molecule has 0 amide bonds. The largest absolute Gasteiger partial charge is 0.508 e. The Morgan fingerprint density at radius 1 is 1.00 bits per heavy atom. The fourth-order valence-electron chi connectivity index (χ4n) is 2.91. The highest BCUT2D eigenvalue weighted by molar-refractivity contribution is 5.96. The molecule has 0 atom stereocenters. The van der Waals surface area contributed by atoms with Crippen molar-refractivity contribution in [3.8, 4) is 16.9 Å². The average Bonchev–Trinajstić information content (AvgIpc) is 3.37. The van der Waals surface area contributed by atoms with Crippen LogP contribution in [0.1, 0.15) is 18.9 Å². The van der Waals surface area contributed by atoms with Crippen LogP contribution < -0.4 is 5.56 Å². The van der Waals surface area contributed by atoms with Crippen molar-refractivity contribution in [3.63, 3.8) is 0 Å². The standard InChI is InChI=1S/C18H12F3NO2/c19-15-5-9(6-16(20)17(15)21)14-8-22(10-1-2-10)18(24)12-4-3-11(23)7-13(12)14/h3-8,10,23H,1-2H2. The Hall–Kier alpha value is -2.76. The van der Waals surface area contributed by atoms with Crippen LogP contribution in [-0.2, 0) is 0 Å². The van der Waals surface area contributed by atoms with E-state index < -0.39 is 17.5 Å². The Morgan fingerprint density at radius 3 is 2.29 bits per heavy atom. The summed E-state index contributed by atoms with van der Waals surface area (Å²) in [5.41, 5.74) is 0.251. The van der Waals surface area contributed by atoms with Crippen LogP contribution in [0.4, 0.5) is 13.2 Å². The number of rotatable bonds is 2. The minimum absolute atomic E-state index is 0.0598. The van der Waals surface area contributed by atoms with E-state index in [1.807, 2.05) is 0 Å². The highest BCUT2D eigenvalue weighted by Crippen LogP contribution is 2.37. The smallest absolute Gasteiger partial charge is 0.258 e. The van der Waals surface area contributed by atoms with Gasteiger partial charge in [-0.05, 0) is 48.7 Å². The van der Waals surface area contributed by atoms with Gasteiger partial charge in [0.1, 0.15) is 5.75 Å². The molecule has 1 saturated carbocycles. The topological polar surface area (TPSA) is 42.2 Å². The molecule has 3 nitrogen and oxygen atoms in total. The third-order valence-electron chi connectivity index (χ3n) is 4.26. The van der Waals surface area contributed by atoms with Crippen LogP contribution >= 0.6 is 0 Å². The quantitative estimate of drug-likeness (QED) is 0.718. The molecule has 2 aromatic carbocycles. The SMILES string of the molecule is O=c1c2ccc(O)cc2c(-c2cc(F)c(F)c(F)c2)cn1C1CC1. The summed E-state index contributed by atoms with van der Waals surface area (Å²) in [6.45, 7) is 0. The van der Waals surface area contributed by atoms with Crippen molar-refractivity contribution in [1.82, 2.24) is 4.57 Å². The molecule has 122 valence electrons. The maximum absolute atomic E-state index is 13.6. The van der Waals surface area contributed by atoms with Gasteiger partial charge in [-0.2, -0.15) is 0 Å². The summed E-state index contributed by atoms with van der Waals surface area (Å²) in [6, 6.07) is 6.06. The summed E-state index contributed by atoms with van der Waals surface area (Å²) in [6.07, 6.45) is 3.23. The van der Waals surface area contributed by atoms with Crippen LogP contribution in [0.15, 0.2) is 41.3 Å². The second-order valence-corrected chi connectivity index (χ2v) is 5.97. The molecule has 0 bridgehead atoms. The number of aromatic hydroxyl groups is 1. The third kappa shape index (κ3) is 2.26. The molecule has 1 aliphatic carbocycles. The highest BCUT2D eigenvalue weighted by Gasteiger charge is 2.26. The van der Waals surface area contributed by atoms with Gasteiger partial charge in [-0.15, -0.1) is 0 Å². The van der Waals surface area contributed by atoms with E-state index in [0.29, 0.717) is 16.3 Å². The van der Waals surface area contributed by atoms with Gasteiger partial charge in [0.05, 0.1) is 0 Å². The van der Waals surface area contributed by atoms with Crippen molar-refractivity contribution < 1.29 is 18.3 Å². The van der Waals surface area contributed by atoms with E-state index in [4.69, 9.17) is 0 Å². The number of phenols is 1. The van der Waals surface area contributed by atoms with E-state index >= 15 is 0 Å². The van der Waals surface area contributed by atoms with Crippen molar-refractivity contribution in [3.05, 3.63) is 64.3 Å². The molecule has 1 N–H and O–H groups in total. The number of hydrogen-bond donors (Lipinski definition) is 1. The lowest BCUT2D eigenvalue weighted by Gasteiger charge is -2.13. The molecule has 3 aromatic rings. The Kier molecular flexibility index (Phi) is 3.16. The fraction of sp³-hybridized carbons (Fsp3) is 0.167. The number of aromatic nitrogens is 1. The number of phenolic OH excluding ortho intramolecular Hbond substituents is 1. The lowest BCUT2D eigenvalue weighted by Crippen LogP contribution is -2.19. The van der Waals surface area contributed by atoms with Crippen molar-refractivity contribution in [1.29, 1.82) is 0 Å². The molecule has 0 unspecified atom stereocenters. The Labute approximate surface area is 134 Å². The van der Waals surface area contributed by atoms with Crippen molar-refractivity contribution in [2.45, 2.75) is 18.9 Å². The van der Waals surface area contributed by atoms with E-state index in [-0.39, 0.29) is 22.9 Å². The van der Waals surface area contributed by atoms with Gasteiger partial charge in [-0.3, -0.25) is 4.79 Å². The molecule has 6 heteroatoms. The van der Waals surface area contributed by atoms with Gasteiger partial charge in [0.2, 0.25) is 0 Å². The van der Waals surface area contributed by atoms with Gasteiger partial charge >= 0.3 is 0 Å². The number of fused-ring (bicyclic) bond motifs is 1. The average molecular weight is 331 g/mol. The lowest BCUT2D eigenvalue weighted by molar-refractivity contribution is 0.447. The van der Waals surface area contributed by atoms with Gasteiger partial charge in [0.25, 0.3) is 5.56 Å². The van der Waals surface area contributed by atoms with Gasteiger partial charge < -0.3 is 9.67 Å². The molecule has 4 rings (SSSR count). The van der Waals surface area contributed by atoms with Crippen molar-refractivity contribution in [2.24, 2.45) is 0 Å². The first-order valence-electron chi connectivity index (χ1n) is 7.48. The second kappa shape index (κ2) is 5.12. The number of benzene rings is 2. The Balaban J connectivity index is 2.09. The molecule has 0 aliphatic heterocycles. The molecular formula is C18H12F3NO2. The molecule has 0 radical (unpaired) electrons. The summed E-state index contributed by atoms with van der Waals surface area (Å²) < 4.78 is 42.0. The molecule has 0 spiro atoms. The molecule has 1 aliphatic rings. The minimum Gasteiger partial charge on any atom is -0.508 e. The molecule has 1 heterocycles. The monoisotopic (exact) mass is 331 g/mol. The first-order valence-corrected chi connectivity index (χ1v) is 7.48. The predicted octanol–water partition coefficient (Wildman–Crippen LogP) is 4.13. The van der Waals surface area contributed by atoms with E-state index in [1.54, 1.807) is 0 Å². The Morgan fingerprint density at radius 2 is 1.67 bits per heavy atom. The summed E-state index contributed by atoms with van der Waals surface area (Å²) >= 11 is 0. The number of halogens is 3. The maximum atomic E-state index is 13.6. The molecule has 24 heavy (non-hydrogen) atoms. The molecule has 1 aromatic heterocycles. The summed E-state index contributed by atoms with van der Waals surface area (Å²) in [5, 5.41) is 10.4. The highest BCUT2D eigenvalue weighted by atomic mass is 19.2. The first kappa shape index (κ1) is 14.8. The van der Waals surface area contributed by atoms with Gasteiger partial charge in [0.15, 0.2) is 17.5 Å². The summed E-state index contributed by atoms with van der Waals surface area (Å²) in [7, 11) is 0. The molecule has 0 saturated heterocycles. The zero-order valence-corrected chi connectivity index (χ0v) is 12.4. The number of nitrogens with zero attached hydrogens (tertiary/aromatic N) is 1. The lowest BCUT2D eigenvalue weighted by atomic mass is 10.00.